The van der Waals surface area contributed by atoms with Gasteiger partial charge in [-0.05, 0) is 31.4 Å². The standard InChI is InChI=1S/C16H26N2O2/c1-5-16(6-2,7-3)17-12-15(19)18-13-10-8-9-11-14(13)20-4/h8-11,17H,5-7,12H2,1-4H3,(H,18,19). The normalized spacial score (nSPS) is 11.2. The van der Waals surface area contributed by atoms with Gasteiger partial charge in [-0.25, -0.2) is 0 Å². The van der Waals surface area contributed by atoms with Gasteiger partial charge >= 0.3 is 0 Å². The van der Waals surface area contributed by atoms with Crippen LogP contribution < -0.4 is 15.4 Å². The summed E-state index contributed by atoms with van der Waals surface area (Å²) in [5.41, 5.74) is 0.759. The van der Waals surface area contributed by atoms with Crippen molar-refractivity contribution in [1.82, 2.24) is 5.32 Å². The van der Waals surface area contributed by atoms with Crippen LogP contribution in [0.4, 0.5) is 5.69 Å². The Kier molecular flexibility index (Phi) is 6.52. The zero-order valence-corrected chi connectivity index (χ0v) is 13.0. The fraction of sp³-hybridized carbons (Fsp3) is 0.562. The molecule has 0 aliphatic heterocycles. The summed E-state index contributed by atoms with van der Waals surface area (Å²) >= 11 is 0. The van der Waals surface area contributed by atoms with Crippen LogP contribution in [0, 0.1) is 0 Å². The van der Waals surface area contributed by atoms with Crippen LogP contribution in [0.2, 0.25) is 0 Å². The lowest BCUT2D eigenvalue weighted by molar-refractivity contribution is -0.115. The van der Waals surface area contributed by atoms with Gasteiger partial charge < -0.3 is 15.4 Å². The highest BCUT2D eigenvalue weighted by molar-refractivity contribution is 5.93. The van der Waals surface area contributed by atoms with Gasteiger partial charge in [-0.3, -0.25) is 4.79 Å². The first-order valence-corrected chi connectivity index (χ1v) is 7.28. The molecule has 0 aliphatic rings. The van der Waals surface area contributed by atoms with Gasteiger partial charge in [0.2, 0.25) is 5.91 Å². The van der Waals surface area contributed by atoms with E-state index in [1.807, 2.05) is 24.3 Å². The maximum atomic E-state index is 12.0. The molecular formula is C16H26N2O2. The molecule has 0 fully saturated rings. The zero-order chi connectivity index (χ0) is 15.0. The lowest BCUT2D eigenvalue weighted by Gasteiger charge is -2.31. The van der Waals surface area contributed by atoms with Crippen molar-refractivity contribution in [2.75, 3.05) is 19.0 Å². The summed E-state index contributed by atoms with van der Waals surface area (Å²) in [5.74, 6) is 0.628. The minimum Gasteiger partial charge on any atom is -0.495 e. The SMILES string of the molecule is CCC(CC)(CC)NCC(=O)Nc1ccccc1OC. The van der Waals surface area contributed by atoms with Gasteiger partial charge in [0.25, 0.3) is 0 Å². The number of benzene rings is 1. The van der Waals surface area contributed by atoms with E-state index < -0.39 is 0 Å². The number of carbonyl (C=O) groups excluding carboxylic acids is 1. The van der Waals surface area contributed by atoms with Crippen LogP contribution in [0.25, 0.3) is 0 Å². The van der Waals surface area contributed by atoms with E-state index in [1.165, 1.54) is 0 Å². The van der Waals surface area contributed by atoms with Gasteiger partial charge in [0.15, 0.2) is 0 Å². The highest BCUT2D eigenvalue weighted by atomic mass is 16.5. The molecule has 0 saturated carbocycles. The molecule has 0 aromatic heterocycles. The summed E-state index contributed by atoms with van der Waals surface area (Å²) < 4.78 is 5.22. The third-order valence-electron chi connectivity index (χ3n) is 4.04. The predicted octanol–water partition coefficient (Wildman–Crippen LogP) is 3.19. The molecule has 1 amide bonds. The maximum absolute atomic E-state index is 12.0. The van der Waals surface area contributed by atoms with E-state index in [0.29, 0.717) is 18.0 Å². The first kappa shape index (κ1) is 16.5. The molecule has 0 atom stereocenters. The molecule has 0 spiro atoms. The van der Waals surface area contributed by atoms with Gasteiger partial charge in [-0.2, -0.15) is 0 Å². The lowest BCUT2D eigenvalue weighted by Crippen LogP contribution is -2.47. The number of amides is 1. The van der Waals surface area contributed by atoms with Gasteiger partial charge in [0.05, 0.1) is 19.3 Å². The van der Waals surface area contributed by atoms with E-state index in [1.54, 1.807) is 7.11 Å². The highest BCUT2D eigenvalue weighted by Gasteiger charge is 2.23. The van der Waals surface area contributed by atoms with Gasteiger partial charge in [-0.15, -0.1) is 0 Å². The Balaban J connectivity index is 2.60. The number of hydrogen-bond donors (Lipinski definition) is 2. The average Bonchev–Trinajstić information content (AvgIpc) is 2.50. The smallest absolute Gasteiger partial charge is 0.238 e. The number of ether oxygens (including phenoxy) is 1. The molecule has 4 nitrogen and oxygen atoms in total. The predicted molar refractivity (Wildman–Crippen MR) is 83.2 cm³/mol. The van der Waals surface area contributed by atoms with Crippen LogP contribution >= 0.6 is 0 Å². The second-order valence-electron chi connectivity index (χ2n) is 4.94. The van der Waals surface area contributed by atoms with E-state index in [-0.39, 0.29) is 11.4 Å². The topological polar surface area (TPSA) is 50.4 Å². The molecule has 0 heterocycles. The van der Waals surface area contributed by atoms with Crippen molar-refractivity contribution in [3.8, 4) is 5.75 Å². The van der Waals surface area contributed by atoms with E-state index in [2.05, 4.69) is 31.4 Å². The molecule has 0 saturated heterocycles. The van der Waals surface area contributed by atoms with E-state index in [4.69, 9.17) is 4.74 Å². The van der Waals surface area contributed by atoms with Crippen LogP contribution in [0.5, 0.6) is 5.75 Å². The third-order valence-corrected chi connectivity index (χ3v) is 4.04. The van der Waals surface area contributed by atoms with E-state index in [9.17, 15) is 4.79 Å². The molecular weight excluding hydrogens is 252 g/mol. The summed E-state index contributed by atoms with van der Waals surface area (Å²) in [6.45, 7) is 6.77. The largest absolute Gasteiger partial charge is 0.495 e. The van der Waals surface area contributed by atoms with Crippen molar-refractivity contribution in [2.24, 2.45) is 0 Å². The molecule has 1 aromatic carbocycles. The van der Waals surface area contributed by atoms with Crippen molar-refractivity contribution in [2.45, 2.75) is 45.6 Å². The van der Waals surface area contributed by atoms with Crippen molar-refractivity contribution >= 4 is 11.6 Å². The summed E-state index contributed by atoms with van der Waals surface area (Å²) in [6, 6.07) is 7.42. The Morgan fingerprint density at radius 1 is 1.15 bits per heavy atom. The van der Waals surface area contributed by atoms with Crippen molar-refractivity contribution < 1.29 is 9.53 Å². The van der Waals surface area contributed by atoms with Gasteiger partial charge in [0.1, 0.15) is 5.75 Å². The molecule has 0 radical (unpaired) electrons. The first-order chi connectivity index (χ1) is 9.60. The number of para-hydroxylation sites is 2. The van der Waals surface area contributed by atoms with Crippen molar-refractivity contribution in [3.63, 3.8) is 0 Å². The van der Waals surface area contributed by atoms with Crippen LogP contribution in [0.1, 0.15) is 40.0 Å². The van der Waals surface area contributed by atoms with Gasteiger partial charge in [-0.1, -0.05) is 32.9 Å². The van der Waals surface area contributed by atoms with Crippen LogP contribution in [0.15, 0.2) is 24.3 Å². The van der Waals surface area contributed by atoms with Gasteiger partial charge in [0, 0.05) is 5.54 Å². The quantitative estimate of drug-likeness (QED) is 0.768. The Bertz CT molecular complexity index is 420. The average molecular weight is 278 g/mol. The number of carbonyl (C=O) groups is 1. The molecule has 112 valence electrons. The Morgan fingerprint density at radius 2 is 1.75 bits per heavy atom. The third kappa shape index (κ3) is 4.23. The van der Waals surface area contributed by atoms with E-state index in [0.717, 1.165) is 19.3 Å². The second-order valence-corrected chi connectivity index (χ2v) is 4.94. The molecule has 1 rings (SSSR count). The number of nitrogens with one attached hydrogen (secondary N) is 2. The maximum Gasteiger partial charge on any atom is 0.238 e. The molecule has 4 heteroatoms. The van der Waals surface area contributed by atoms with Crippen LogP contribution in [-0.2, 0) is 4.79 Å². The van der Waals surface area contributed by atoms with Crippen molar-refractivity contribution in [1.29, 1.82) is 0 Å². The van der Waals surface area contributed by atoms with Crippen LogP contribution in [0.3, 0.4) is 0 Å². The summed E-state index contributed by atoms with van der Waals surface area (Å²) in [6.07, 6.45) is 3.05. The fourth-order valence-electron chi connectivity index (χ4n) is 2.34. The number of anilines is 1. The Morgan fingerprint density at radius 3 is 2.30 bits per heavy atom. The summed E-state index contributed by atoms with van der Waals surface area (Å²) in [4.78, 5) is 12.0. The van der Waals surface area contributed by atoms with E-state index >= 15 is 0 Å². The lowest BCUT2D eigenvalue weighted by atomic mass is 9.90. The zero-order valence-electron chi connectivity index (χ0n) is 13.0. The highest BCUT2D eigenvalue weighted by Crippen LogP contribution is 2.23. The molecule has 1 aromatic rings. The van der Waals surface area contributed by atoms with Crippen molar-refractivity contribution in [3.05, 3.63) is 24.3 Å². The second kappa shape index (κ2) is 7.90. The minimum absolute atomic E-state index is 0.0470. The molecule has 0 aliphatic carbocycles. The fourth-order valence-corrected chi connectivity index (χ4v) is 2.34. The molecule has 20 heavy (non-hydrogen) atoms. The molecule has 0 bridgehead atoms. The number of methoxy groups -OCH3 is 1. The molecule has 2 N–H and O–H groups in total. The Labute approximate surface area is 121 Å². The summed E-state index contributed by atoms with van der Waals surface area (Å²) in [5, 5.41) is 6.27. The molecule has 0 unspecified atom stereocenters. The van der Waals surface area contributed by atoms with Crippen LogP contribution in [-0.4, -0.2) is 25.1 Å². The number of rotatable bonds is 8. The Hall–Kier alpha value is -1.55. The first-order valence-electron chi connectivity index (χ1n) is 7.28. The number of hydrogen-bond acceptors (Lipinski definition) is 3. The summed E-state index contributed by atoms with van der Waals surface area (Å²) in [7, 11) is 1.60. The monoisotopic (exact) mass is 278 g/mol. The minimum atomic E-state index is -0.0470.